The minimum atomic E-state index is 0.562. The molecule has 0 aromatic heterocycles. The molecule has 124 valence electrons. The number of aliphatic imine (C=N–C) groups is 1. The van der Waals surface area contributed by atoms with Crippen LogP contribution in [0.2, 0.25) is 0 Å². The molecule has 0 aliphatic carbocycles. The minimum Gasteiger partial charge on any atom is -0.357 e. The highest BCUT2D eigenvalue weighted by Gasteiger charge is 2.21. The monoisotopic (exact) mass is 297 g/mol. The van der Waals surface area contributed by atoms with Gasteiger partial charge >= 0.3 is 0 Å². The Labute approximate surface area is 131 Å². The number of piperidine rings is 1. The van der Waals surface area contributed by atoms with Gasteiger partial charge in [-0.1, -0.05) is 0 Å². The minimum absolute atomic E-state index is 0.562. The van der Waals surface area contributed by atoms with E-state index in [0.717, 1.165) is 32.0 Å². The van der Waals surface area contributed by atoms with E-state index in [1.54, 1.807) is 0 Å². The van der Waals surface area contributed by atoms with E-state index in [0.29, 0.717) is 12.1 Å². The van der Waals surface area contributed by atoms with E-state index in [1.165, 1.54) is 25.9 Å². The van der Waals surface area contributed by atoms with Crippen molar-refractivity contribution in [1.29, 1.82) is 0 Å². The van der Waals surface area contributed by atoms with Crippen molar-refractivity contribution in [2.45, 2.75) is 52.1 Å². The standard InChI is InChI=1S/C16H35N5/c1-6-17-16(18-10-7-11-20(4)5)19-15-8-12-21(13-9-15)14(2)3/h14-15H,6-13H2,1-5H3,(H2,17,18,19). The average Bonchev–Trinajstić information content (AvgIpc) is 2.44. The highest BCUT2D eigenvalue weighted by molar-refractivity contribution is 5.80. The van der Waals surface area contributed by atoms with Crippen molar-refractivity contribution in [3.8, 4) is 0 Å². The molecule has 0 aromatic rings. The molecule has 0 aromatic carbocycles. The van der Waals surface area contributed by atoms with E-state index < -0.39 is 0 Å². The zero-order valence-electron chi connectivity index (χ0n) is 14.7. The number of guanidine groups is 1. The van der Waals surface area contributed by atoms with E-state index >= 15 is 0 Å². The Bertz CT molecular complexity index is 293. The molecule has 1 aliphatic rings. The fourth-order valence-electron chi connectivity index (χ4n) is 2.65. The Balaban J connectivity index is 2.35. The van der Waals surface area contributed by atoms with Crippen LogP contribution in [0.3, 0.4) is 0 Å². The summed E-state index contributed by atoms with van der Waals surface area (Å²) in [5.74, 6) is 0.985. The van der Waals surface area contributed by atoms with Gasteiger partial charge in [0.2, 0.25) is 0 Å². The average molecular weight is 297 g/mol. The molecule has 1 aliphatic heterocycles. The lowest BCUT2D eigenvalue weighted by Gasteiger charge is -2.35. The van der Waals surface area contributed by atoms with Gasteiger partial charge in [0.25, 0.3) is 0 Å². The molecule has 0 unspecified atom stereocenters. The van der Waals surface area contributed by atoms with E-state index in [9.17, 15) is 0 Å². The molecule has 0 amide bonds. The molecule has 2 N–H and O–H groups in total. The molecule has 1 fully saturated rings. The summed E-state index contributed by atoms with van der Waals surface area (Å²) < 4.78 is 0. The van der Waals surface area contributed by atoms with Crippen LogP contribution >= 0.6 is 0 Å². The molecule has 1 saturated heterocycles. The Hall–Kier alpha value is -0.810. The maximum atomic E-state index is 4.69. The van der Waals surface area contributed by atoms with Gasteiger partial charge in [-0.15, -0.1) is 0 Å². The van der Waals surface area contributed by atoms with Crippen LogP contribution in [0.15, 0.2) is 4.99 Å². The van der Waals surface area contributed by atoms with Gasteiger partial charge in [0.05, 0.1) is 0 Å². The van der Waals surface area contributed by atoms with Crippen LogP contribution in [0.25, 0.3) is 0 Å². The van der Waals surface area contributed by atoms with E-state index in [-0.39, 0.29) is 0 Å². The van der Waals surface area contributed by atoms with Gasteiger partial charge in [-0.3, -0.25) is 4.99 Å². The maximum Gasteiger partial charge on any atom is 0.191 e. The van der Waals surface area contributed by atoms with Crippen molar-refractivity contribution < 1.29 is 0 Å². The largest absolute Gasteiger partial charge is 0.357 e. The van der Waals surface area contributed by atoms with Gasteiger partial charge in [0.15, 0.2) is 5.96 Å². The first kappa shape index (κ1) is 18.2. The second kappa shape index (κ2) is 10.0. The number of likely N-dealkylation sites (tertiary alicyclic amines) is 1. The fourth-order valence-corrected chi connectivity index (χ4v) is 2.65. The zero-order valence-corrected chi connectivity index (χ0v) is 14.7. The lowest BCUT2D eigenvalue weighted by molar-refractivity contribution is 0.167. The summed E-state index contributed by atoms with van der Waals surface area (Å²) >= 11 is 0. The number of hydrogen-bond donors (Lipinski definition) is 2. The second-order valence-electron chi connectivity index (χ2n) is 6.47. The van der Waals surface area contributed by atoms with Crippen LogP contribution in [-0.2, 0) is 0 Å². The molecule has 0 atom stereocenters. The third-order valence-corrected chi connectivity index (χ3v) is 3.98. The lowest BCUT2D eigenvalue weighted by atomic mass is 10.0. The number of rotatable bonds is 7. The third-order valence-electron chi connectivity index (χ3n) is 3.98. The summed E-state index contributed by atoms with van der Waals surface area (Å²) in [4.78, 5) is 9.45. The van der Waals surface area contributed by atoms with Crippen LogP contribution < -0.4 is 10.6 Å². The molecular weight excluding hydrogens is 262 g/mol. The second-order valence-corrected chi connectivity index (χ2v) is 6.47. The van der Waals surface area contributed by atoms with Crippen LogP contribution in [0.4, 0.5) is 0 Å². The summed E-state index contributed by atoms with van der Waals surface area (Å²) in [6.45, 7) is 12.0. The Morgan fingerprint density at radius 3 is 2.48 bits per heavy atom. The molecule has 0 radical (unpaired) electrons. The van der Waals surface area contributed by atoms with Crippen LogP contribution in [-0.4, -0.2) is 74.7 Å². The predicted octanol–water partition coefficient (Wildman–Crippen LogP) is 1.37. The smallest absolute Gasteiger partial charge is 0.191 e. The van der Waals surface area contributed by atoms with Crippen LogP contribution in [0.5, 0.6) is 0 Å². The molecule has 1 rings (SSSR count). The first-order valence-electron chi connectivity index (χ1n) is 8.46. The molecule has 5 nitrogen and oxygen atoms in total. The number of nitrogens with one attached hydrogen (secondary N) is 2. The molecule has 0 spiro atoms. The summed E-state index contributed by atoms with van der Waals surface area (Å²) in [6.07, 6.45) is 3.52. The third kappa shape index (κ3) is 7.67. The van der Waals surface area contributed by atoms with Crippen molar-refractivity contribution in [1.82, 2.24) is 20.4 Å². The molecule has 5 heteroatoms. The first-order chi connectivity index (χ1) is 10.0. The molecule has 1 heterocycles. The van der Waals surface area contributed by atoms with Gasteiger partial charge in [0, 0.05) is 38.3 Å². The van der Waals surface area contributed by atoms with E-state index in [2.05, 4.69) is 60.3 Å². The van der Waals surface area contributed by atoms with Crippen molar-refractivity contribution in [3.05, 3.63) is 0 Å². The van der Waals surface area contributed by atoms with Gasteiger partial charge in [0.1, 0.15) is 0 Å². The fraction of sp³-hybridized carbons (Fsp3) is 0.938. The first-order valence-corrected chi connectivity index (χ1v) is 8.46. The van der Waals surface area contributed by atoms with Crippen molar-refractivity contribution >= 4 is 5.96 Å². The summed E-state index contributed by atoms with van der Waals surface area (Å²) in [5, 5.41) is 6.97. The predicted molar refractivity (Wildman–Crippen MR) is 92.0 cm³/mol. The van der Waals surface area contributed by atoms with Crippen molar-refractivity contribution in [3.63, 3.8) is 0 Å². The topological polar surface area (TPSA) is 42.9 Å². The van der Waals surface area contributed by atoms with Gasteiger partial charge in [-0.2, -0.15) is 0 Å². The molecular formula is C16H35N5. The maximum absolute atomic E-state index is 4.69. The van der Waals surface area contributed by atoms with Gasteiger partial charge in [-0.25, -0.2) is 0 Å². The highest BCUT2D eigenvalue weighted by Crippen LogP contribution is 2.12. The summed E-state index contributed by atoms with van der Waals surface area (Å²) in [6, 6.07) is 1.23. The zero-order chi connectivity index (χ0) is 15.7. The van der Waals surface area contributed by atoms with E-state index in [4.69, 9.17) is 0 Å². The van der Waals surface area contributed by atoms with E-state index in [1.807, 2.05) is 0 Å². The van der Waals surface area contributed by atoms with Crippen LogP contribution in [0, 0.1) is 0 Å². The SMILES string of the molecule is CCNC(=NCCCN(C)C)NC1CCN(C(C)C)CC1. The van der Waals surface area contributed by atoms with Gasteiger partial charge < -0.3 is 20.4 Å². The van der Waals surface area contributed by atoms with Crippen molar-refractivity contribution in [2.24, 2.45) is 4.99 Å². The molecule has 0 bridgehead atoms. The number of hydrogen-bond acceptors (Lipinski definition) is 3. The van der Waals surface area contributed by atoms with Crippen molar-refractivity contribution in [2.75, 3.05) is 46.8 Å². The normalized spacial score (nSPS) is 18.5. The highest BCUT2D eigenvalue weighted by atomic mass is 15.2. The Morgan fingerprint density at radius 2 is 1.95 bits per heavy atom. The quantitative estimate of drug-likeness (QED) is 0.423. The Morgan fingerprint density at radius 1 is 1.29 bits per heavy atom. The molecule has 0 saturated carbocycles. The number of nitrogens with zero attached hydrogens (tertiary/aromatic N) is 3. The summed E-state index contributed by atoms with van der Waals surface area (Å²) in [5.41, 5.74) is 0. The Kier molecular flexibility index (Phi) is 8.69. The van der Waals surface area contributed by atoms with Gasteiger partial charge in [-0.05, 0) is 60.7 Å². The lowest BCUT2D eigenvalue weighted by Crippen LogP contribution is -2.49. The van der Waals surface area contributed by atoms with Crippen LogP contribution in [0.1, 0.15) is 40.0 Å². The molecule has 21 heavy (non-hydrogen) atoms. The summed E-state index contributed by atoms with van der Waals surface area (Å²) in [7, 11) is 4.21.